The van der Waals surface area contributed by atoms with Gasteiger partial charge in [-0.3, -0.25) is 19.3 Å². The first kappa shape index (κ1) is 20.3. The molecule has 3 amide bonds. The highest BCUT2D eigenvalue weighted by Crippen LogP contribution is 2.31. The highest BCUT2D eigenvalue weighted by atomic mass is 16.5. The molecule has 2 aliphatic heterocycles. The van der Waals surface area contributed by atoms with E-state index in [1.54, 1.807) is 0 Å². The monoisotopic (exact) mass is 387 g/mol. The van der Waals surface area contributed by atoms with Crippen LogP contribution in [-0.4, -0.2) is 48.9 Å². The predicted molar refractivity (Wildman–Crippen MR) is 106 cm³/mol. The molecule has 3 rings (SSSR count). The van der Waals surface area contributed by atoms with Crippen molar-refractivity contribution in [1.82, 2.24) is 10.2 Å². The Kier molecular flexibility index (Phi) is 6.34. The number of piperidine rings is 1. The standard InChI is InChI=1S/C21H29N3O4/c1-21(2)12-19(26)24(20(27)13-21)10-4-3-8-22-9-7-15-5-6-17-16(11-15)23-18(25)14-28-17/h5-6,11,22H,3-4,7-10,12-14H2,1-2H3,(H,23,25). The van der Waals surface area contributed by atoms with Crippen molar-refractivity contribution in [3.05, 3.63) is 23.8 Å². The summed E-state index contributed by atoms with van der Waals surface area (Å²) in [4.78, 5) is 37.1. The molecular formula is C21H29N3O4. The Morgan fingerprint density at radius 2 is 1.86 bits per heavy atom. The SMILES string of the molecule is CC1(C)CC(=O)N(CCCCNCCc2ccc3c(c2)NC(=O)CO3)C(=O)C1. The lowest BCUT2D eigenvalue weighted by molar-refractivity contribution is -0.152. The number of hydrogen-bond acceptors (Lipinski definition) is 5. The zero-order chi connectivity index (χ0) is 20.1. The van der Waals surface area contributed by atoms with Crippen LogP contribution in [0.1, 0.15) is 45.1 Å². The molecule has 0 bridgehead atoms. The van der Waals surface area contributed by atoms with E-state index in [4.69, 9.17) is 4.74 Å². The van der Waals surface area contributed by atoms with E-state index in [-0.39, 0.29) is 29.7 Å². The topological polar surface area (TPSA) is 87.7 Å². The fourth-order valence-corrected chi connectivity index (χ4v) is 3.62. The number of benzene rings is 1. The van der Waals surface area contributed by atoms with Crippen LogP contribution in [0.5, 0.6) is 5.75 Å². The number of imide groups is 1. The van der Waals surface area contributed by atoms with E-state index in [0.717, 1.165) is 43.6 Å². The molecule has 0 radical (unpaired) electrons. The minimum absolute atomic E-state index is 0.0438. The Bertz CT molecular complexity index is 740. The molecule has 1 saturated heterocycles. The van der Waals surface area contributed by atoms with Gasteiger partial charge in [0.25, 0.3) is 5.91 Å². The summed E-state index contributed by atoms with van der Waals surface area (Å²) in [5, 5.41) is 6.21. The quantitative estimate of drug-likeness (QED) is 0.527. The van der Waals surface area contributed by atoms with E-state index < -0.39 is 0 Å². The van der Waals surface area contributed by atoms with Gasteiger partial charge in [0.2, 0.25) is 11.8 Å². The number of unbranched alkanes of at least 4 members (excludes halogenated alkanes) is 1. The second-order valence-corrected chi connectivity index (χ2v) is 8.33. The summed E-state index contributed by atoms with van der Waals surface area (Å²) in [5.74, 6) is 0.494. The van der Waals surface area contributed by atoms with Crippen molar-refractivity contribution in [2.24, 2.45) is 5.41 Å². The van der Waals surface area contributed by atoms with Crippen LogP contribution in [0, 0.1) is 5.41 Å². The number of fused-ring (bicyclic) bond motifs is 1. The molecule has 152 valence electrons. The smallest absolute Gasteiger partial charge is 0.262 e. The lowest BCUT2D eigenvalue weighted by Gasteiger charge is -2.34. The first-order chi connectivity index (χ1) is 13.3. The minimum Gasteiger partial charge on any atom is -0.482 e. The molecule has 7 nitrogen and oxygen atoms in total. The summed E-state index contributed by atoms with van der Waals surface area (Å²) in [6.45, 7) is 6.18. The van der Waals surface area contributed by atoms with E-state index in [1.165, 1.54) is 4.90 Å². The maximum Gasteiger partial charge on any atom is 0.262 e. The van der Waals surface area contributed by atoms with E-state index in [9.17, 15) is 14.4 Å². The molecule has 1 fully saturated rings. The van der Waals surface area contributed by atoms with Gasteiger partial charge in [-0.2, -0.15) is 0 Å². The van der Waals surface area contributed by atoms with Gasteiger partial charge >= 0.3 is 0 Å². The van der Waals surface area contributed by atoms with E-state index in [1.807, 2.05) is 32.0 Å². The van der Waals surface area contributed by atoms with Crippen LogP contribution in [0.25, 0.3) is 0 Å². The average molecular weight is 387 g/mol. The van der Waals surface area contributed by atoms with Gasteiger partial charge in [-0.05, 0) is 55.5 Å². The average Bonchev–Trinajstić information content (AvgIpc) is 2.61. The molecule has 0 aliphatic carbocycles. The van der Waals surface area contributed by atoms with Gasteiger partial charge in [-0.15, -0.1) is 0 Å². The molecule has 7 heteroatoms. The second-order valence-electron chi connectivity index (χ2n) is 8.33. The zero-order valence-electron chi connectivity index (χ0n) is 16.7. The van der Waals surface area contributed by atoms with Crippen molar-refractivity contribution in [2.45, 2.75) is 46.0 Å². The maximum atomic E-state index is 12.1. The van der Waals surface area contributed by atoms with Crippen LogP contribution >= 0.6 is 0 Å². The van der Waals surface area contributed by atoms with Gasteiger partial charge in [0.05, 0.1) is 5.69 Å². The van der Waals surface area contributed by atoms with Crippen molar-refractivity contribution in [3.63, 3.8) is 0 Å². The highest BCUT2D eigenvalue weighted by molar-refractivity contribution is 5.98. The van der Waals surface area contributed by atoms with Crippen molar-refractivity contribution in [3.8, 4) is 5.75 Å². The number of ether oxygens (including phenoxy) is 1. The molecule has 2 aliphatic rings. The Hall–Kier alpha value is -2.41. The third-order valence-electron chi connectivity index (χ3n) is 5.11. The number of nitrogens with one attached hydrogen (secondary N) is 2. The molecule has 1 aromatic rings. The number of amides is 3. The third kappa shape index (κ3) is 5.32. The van der Waals surface area contributed by atoms with Crippen LogP contribution in [0.4, 0.5) is 5.69 Å². The molecule has 0 atom stereocenters. The second kappa shape index (κ2) is 8.73. The van der Waals surface area contributed by atoms with Gasteiger partial charge in [0.15, 0.2) is 6.61 Å². The molecule has 2 heterocycles. The summed E-state index contributed by atoms with van der Waals surface area (Å²) in [5.41, 5.74) is 1.65. The van der Waals surface area contributed by atoms with Gasteiger partial charge in [-0.1, -0.05) is 19.9 Å². The minimum atomic E-state index is -0.210. The fraction of sp³-hybridized carbons (Fsp3) is 0.571. The molecular weight excluding hydrogens is 358 g/mol. The predicted octanol–water partition coefficient (Wildman–Crippen LogP) is 2.10. The number of rotatable bonds is 8. The maximum absolute atomic E-state index is 12.1. The summed E-state index contributed by atoms with van der Waals surface area (Å²) in [7, 11) is 0. The van der Waals surface area contributed by atoms with Crippen molar-refractivity contribution in [1.29, 1.82) is 0 Å². The number of carbonyl (C=O) groups excluding carboxylic acids is 3. The van der Waals surface area contributed by atoms with Crippen LogP contribution in [0.15, 0.2) is 18.2 Å². The summed E-state index contributed by atoms with van der Waals surface area (Å²) in [6, 6.07) is 5.84. The van der Waals surface area contributed by atoms with E-state index in [2.05, 4.69) is 10.6 Å². The molecule has 28 heavy (non-hydrogen) atoms. The molecule has 0 unspecified atom stereocenters. The normalized spacial score (nSPS) is 18.5. The van der Waals surface area contributed by atoms with E-state index >= 15 is 0 Å². The lowest BCUT2D eigenvalue weighted by atomic mass is 9.82. The number of hydrogen-bond donors (Lipinski definition) is 2. The van der Waals surface area contributed by atoms with Gasteiger partial charge < -0.3 is 15.4 Å². The van der Waals surface area contributed by atoms with Gasteiger partial charge in [0.1, 0.15) is 5.75 Å². The number of nitrogens with zero attached hydrogens (tertiary/aromatic N) is 1. The van der Waals surface area contributed by atoms with Crippen LogP contribution < -0.4 is 15.4 Å². The first-order valence-corrected chi connectivity index (χ1v) is 9.94. The Labute approximate surface area is 165 Å². The van der Waals surface area contributed by atoms with E-state index in [0.29, 0.717) is 25.1 Å². The number of carbonyl (C=O) groups is 3. The van der Waals surface area contributed by atoms with Crippen molar-refractivity contribution < 1.29 is 19.1 Å². The van der Waals surface area contributed by atoms with Crippen LogP contribution in [-0.2, 0) is 20.8 Å². The van der Waals surface area contributed by atoms with Gasteiger partial charge in [-0.25, -0.2) is 0 Å². The lowest BCUT2D eigenvalue weighted by Crippen LogP contribution is -2.46. The zero-order valence-corrected chi connectivity index (χ0v) is 16.7. The third-order valence-corrected chi connectivity index (χ3v) is 5.11. The van der Waals surface area contributed by atoms with Crippen molar-refractivity contribution >= 4 is 23.4 Å². The molecule has 0 spiro atoms. The fourth-order valence-electron chi connectivity index (χ4n) is 3.62. The summed E-state index contributed by atoms with van der Waals surface area (Å²) < 4.78 is 5.36. The molecule has 0 saturated carbocycles. The number of likely N-dealkylation sites (tertiary alicyclic amines) is 1. The Morgan fingerprint density at radius 3 is 2.61 bits per heavy atom. The first-order valence-electron chi connectivity index (χ1n) is 9.94. The van der Waals surface area contributed by atoms with Crippen molar-refractivity contribution in [2.75, 3.05) is 31.6 Å². The van der Waals surface area contributed by atoms with Crippen LogP contribution in [0.3, 0.4) is 0 Å². The number of anilines is 1. The summed E-state index contributed by atoms with van der Waals surface area (Å²) in [6.07, 6.45) is 3.47. The largest absolute Gasteiger partial charge is 0.482 e. The summed E-state index contributed by atoms with van der Waals surface area (Å²) >= 11 is 0. The van der Waals surface area contributed by atoms with Gasteiger partial charge in [0, 0.05) is 19.4 Å². The van der Waals surface area contributed by atoms with Crippen LogP contribution in [0.2, 0.25) is 0 Å². The Balaban J connectivity index is 1.32. The Morgan fingerprint density at radius 1 is 1.11 bits per heavy atom. The molecule has 0 aromatic heterocycles. The molecule has 2 N–H and O–H groups in total. The molecule has 1 aromatic carbocycles. The highest BCUT2D eigenvalue weighted by Gasteiger charge is 2.36.